The summed E-state index contributed by atoms with van der Waals surface area (Å²) in [6.45, 7) is 0. The summed E-state index contributed by atoms with van der Waals surface area (Å²) in [7, 11) is 0. The molecule has 0 amide bonds. The predicted octanol–water partition coefficient (Wildman–Crippen LogP) is 13.1. The molecule has 0 bridgehead atoms. The molecule has 55 heavy (non-hydrogen) atoms. The first-order valence-corrected chi connectivity index (χ1v) is 18.6. The standard InChI is InChI=1S/C51H32N4/c1-4-15-34(16-5-1)48-43-32-31-40-39-21-11-13-26-45(39)55(37-19-8-3-9-20-37)50(40)46(43)42-24-14-23-38(49(42)53-48)33-27-29-35(30-28-33)47-41-22-10-12-25-44(41)52-51(54-47)36-17-6-2-7-18-36/h1-32H. The Morgan fingerprint density at radius 2 is 0.927 bits per heavy atom. The summed E-state index contributed by atoms with van der Waals surface area (Å²) in [5.74, 6) is 0.719. The number of para-hydroxylation sites is 4. The van der Waals surface area contributed by atoms with Crippen molar-refractivity contribution in [2.75, 3.05) is 0 Å². The molecule has 0 saturated heterocycles. The van der Waals surface area contributed by atoms with Crippen LogP contribution in [0.2, 0.25) is 0 Å². The zero-order valence-electron chi connectivity index (χ0n) is 29.8. The smallest absolute Gasteiger partial charge is 0.160 e. The topological polar surface area (TPSA) is 43.6 Å². The van der Waals surface area contributed by atoms with Crippen LogP contribution in [0.25, 0.3) is 105 Å². The summed E-state index contributed by atoms with van der Waals surface area (Å²) < 4.78 is 2.43. The van der Waals surface area contributed by atoms with E-state index in [9.17, 15) is 0 Å². The van der Waals surface area contributed by atoms with Gasteiger partial charge in [0.05, 0.1) is 33.5 Å². The maximum Gasteiger partial charge on any atom is 0.160 e. The summed E-state index contributed by atoms with van der Waals surface area (Å²) in [4.78, 5) is 15.6. The van der Waals surface area contributed by atoms with Gasteiger partial charge in [0.2, 0.25) is 0 Å². The molecule has 4 heteroatoms. The first-order valence-electron chi connectivity index (χ1n) is 18.6. The molecule has 4 nitrogen and oxygen atoms in total. The van der Waals surface area contributed by atoms with Gasteiger partial charge in [0.25, 0.3) is 0 Å². The molecule has 0 aliphatic rings. The van der Waals surface area contributed by atoms with Gasteiger partial charge in [-0.2, -0.15) is 0 Å². The molecule has 11 rings (SSSR count). The number of hydrogen-bond acceptors (Lipinski definition) is 3. The van der Waals surface area contributed by atoms with Crippen LogP contribution in [0.15, 0.2) is 194 Å². The van der Waals surface area contributed by atoms with Crippen LogP contribution >= 0.6 is 0 Å². The van der Waals surface area contributed by atoms with E-state index in [1.165, 1.54) is 27.2 Å². The van der Waals surface area contributed by atoms with Crippen LogP contribution < -0.4 is 0 Å². The zero-order valence-corrected chi connectivity index (χ0v) is 29.8. The first kappa shape index (κ1) is 31.1. The Hall–Kier alpha value is -7.43. The summed E-state index contributed by atoms with van der Waals surface area (Å²) in [5, 5.41) is 6.92. The first-order chi connectivity index (χ1) is 27.3. The van der Waals surface area contributed by atoms with Gasteiger partial charge in [-0.25, -0.2) is 15.0 Å². The van der Waals surface area contributed by atoms with E-state index in [1.54, 1.807) is 0 Å². The number of nitrogens with zero attached hydrogens (tertiary/aromatic N) is 4. The average molecular weight is 701 g/mol. The van der Waals surface area contributed by atoms with Crippen molar-refractivity contribution in [2.45, 2.75) is 0 Å². The maximum absolute atomic E-state index is 5.55. The van der Waals surface area contributed by atoms with Gasteiger partial charge in [-0.05, 0) is 29.8 Å². The Balaban J connectivity index is 1.17. The SMILES string of the molecule is c1ccc(-c2nc(-c3ccc(-c4cccc5c4nc(-c4ccccc4)c4ccc6c7ccccc7n(-c7ccccc7)c6c45)cc3)c3ccccc3n2)cc1. The molecule has 0 aliphatic heterocycles. The predicted molar refractivity (Wildman–Crippen MR) is 228 cm³/mol. The third-order valence-corrected chi connectivity index (χ3v) is 10.8. The minimum Gasteiger partial charge on any atom is -0.309 e. The van der Waals surface area contributed by atoms with Gasteiger partial charge in [0.1, 0.15) is 0 Å². The molecular weight excluding hydrogens is 669 g/mol. The molecular formula is C51H32N4. The van der Waals surface area contributed by atoms with Gasteiger partial charge in [0.15, 0.2) is 5.82 Å². The number of benzene rings is 8. The number of fused-ring (bicyclic) bond motifs is 8. The molecule has 11 aromatic rings. The van der Waals surface area contributed by atoms with Crippen LogP contribution in [-0.4, -0.2) is 19.5 Å². The maximum atomic E-state index is 5.55. The quantitative estimate of drug-likeness (QED) is 0.168. The Labute approximate surface area is 317 Å². The average Bonchev–Trinajstić information content (AvgIpc) is 3.61. The molecule has 3 heterocycles. The number of pyridine rings is 1. The van der Waals surface area contributed by atoms with E-state index in [2.05, 4.69) is 174 Å². The van der Waals surface area contributed by atoms with Crippen molar-refractivity contribution >= 4 is 54.4 Å². The third kappa shape index (κ3) is 5.03. The highest BCUT2D eigenvalue weighted by Gasteiger charge is 2.21. The summed E-state index contributed by atoms with van der Waals surface area (Å²) >= 11 is 0. The minimum absolute atomic E-state index is 0.719. The van der Waals surface area contributed by atoms with Gasteiger partial charge in [-0.3, -0.25) is 0 Å². The third-order valence-electron chi connectivity index (χ3n) is 10.8. The molecule has 0 N–H and O–H groups in total. The minimum atomic E-state index is 0.719. The normalized spacial score (nSPS) is 11.6. The van der Waals surface area contributed by atoms with Gasteiger partial charge in [-0.15, -0.1) is 0 Å². The van der Waals surface area contributed by atoms with Gasteiger partial charge >= 0.3 is 0 Å². The number of hydrogen-bond donors (Lipinski definition) is 0. The molecule has 0 aliphatic carbocycles. The van der Waals surface area contributed by atoms with E-state index < -0.39 is 0 Å². The largest absolute Gasteiger partial charge is 0.309 e. The summed E-state index contributed by atoms with van der Waals surface area (Å²) in [6.07, 6.45) is 0. The highest BCUT2D eigenvalue weighted by Crippen LogP contribution is 2.44. The lowest BCUT2D eigenvalue weighted by molar-refractivity contribution is 1.19. The van der Waals surface area contributed by atoms with Gasteiger partial charge < -0.3 is 4.57 Å². The monoisotopic (exact) mass is 700 g/mol. The molecule has 3 aromatic heterocycles. The molecule has 0 radical (unpaired) electrons. The zero-order chi connectivity index (χ0) is 36.3. The highest BCUT2D eigenvalue weighted by molar-refractivity contribution is 6.27. The van der Waals surface area contributed by atoms with Crippen LogP contribution in [0.1, 0.15) is 0 Å². The fraction of sp³-hybridized carbons (Fsp3) is 0. The van der Waals surface area contributed by atoms with Crippen LogP contribution in [0.4, 0.5) is 0 Å². The molecule has 0 fully saturated rings. The number of rotatable bonds is 5. The van der Waals surface area contributed by atoms with E-state index in [0.717, 1.165) is 77.9 Å². The molecule has 0 atom stereocenters. The van der Waals surface area contributed by atoms with Crippen molar-refractivity contribution in [2.24, 2.45) is 0 Å². The molecule has 8 aromatic carbocycles. The fourth-order valence-corrected chi connectivity index (χ4v) is 8.28. The Morgan fingerprint density at radius 3 is 1.71 bits per heavy atom. The van der Waals surface area contributed by atoms with E-state index in [0.29, 0.717) is 0 Å². The van der Waals surface area contributed by atoms with Crippen molar-refractivity contribution < 1.29 is 0 Å². The lowest BCUT2D eigenvalue weighted by Gasteiger charge is -2.16. The van der Waals surface area contributed by atoms with Crippen LogP contribution in [0.5, 0.6) is 0 Å². The van der Waals surface area contributed by atoms with E-state index >= 15 is 0 Å². The summed E-state index contributed by atoms with van der Waals surface area (Å²) in [5.41, 5.74) is 12.6. The van der Waals surface area contributed by atoms with E-state index in [-0.39, 0.29) is 0 Å². The van der Waals surface area contributed by atoms with Crippen LogP contribution in [0, 0.1) is 0 Å². The molecule has 0 unspecified atom stereocenters. The van der Waals surface area contributed by atoms with Crippen molar-refractivity contribution in [3.05, 3.63) is 194 Å². The Bertz CT molecular complexity index is 3220. The lowest BCUT2D eigenvalue weighted by atomic mass is 9.94. The highest BCUT2D eigenvalue weighted by atomic mass is 15.0. The van der Waals surface area contributed by atoms with E-state index in [1.807, 2.05) is 24.3 Å². The molecule has 0 saturated carbocycles. The lowest BCUT2D eigenvalue weighted by Crippen LogP contribution is -1.97. The number of aromatic nitrogens is 4. The van der Waals surface area contributed by atoms with Crippen LogP contribution in [0.3, 0.4) is 0 Å². The second kappa shape index (κ2) is 12.6. The van der Waals surface area contributed by atoms with Crippen molar-refractivity contribution in [3.8, 4) is 50.7 Å². The second-order valence-electron chi connectivity index (χ2n) is 14.0. The van der Waals surface area contributed by atoms with Crippen molar-refractivity contribution in [1.29, 1.82) is 0 Å². The molecule has 256 valence electrons. The van der Waals surface area contributed by atoms with Crippen molar-refractivity contribution in [3.63, 3.8) is 0 Å². The van der Waals surface area contributed by atoms with Crippen molar-refractivity contribution in [1.82, 2.24) is 19.5 Å². The van der Waals surface area contributed by atoms with E-state index in [4.69, 9.17) is 15.0 Å². The Morgan fingerprint density at radius 1 is 0.345 bits per heavy atom. The molecule has 0 spiro atoms. The van der Waals surface area contributed by atoms with Crippen LogP contribution in [-0.2, 0) is 0 Å². The summed E-state index contributed by atoms with van der Waals surface area (Å²) in [6, 6.07) is 68.4. The van der Waals surface area contributed by atoms with Gasteiger partial charge in [0, 0.05) is 60.3 Å². The Kier molecular flexibility index (Phi) is 7.14. The van der Waals surface area contributed by atoms with Gasteiger partial charge in [-0.1, -0.05) is 170 Å². The second-order valence-corrected chi connectivity index (χ2v) is 14.0. The fourth-order valence-electron chi connectivity index (χ4n) is 8.28.